The van der Waals surface area contributed by atoms with Gasteiger partial charge >= 0.3 is 5.69 Å². The summed E-state index contributed by atoms with van der Waals surface area (Å²) in [5, 5.41) is 13.6. The summed E-state index contributed by atoms with van der Waals surface area (Å²) < 4.78 is 10.0. The molecule has 9 heteroatoms. The molecule has 2 atom stereocenters. The summed E-state index contributed by atoms with van der Waals surface area (Å²) in [6.45, 7) is 6.89. The first-order chi connectivity index (χ1) is 15.3. The Morgan fingerprint density at radius 2 is 2.00 bits per heavy atom. The number of aromatic nitrogens is 4. The number of aliphatic hydroxyl groups excluding tert-OH is 1. The number of benzene rings is 1. The molecule has 2 heterocycles. The Hall–Kier alpha value is -3.17. The SMILES string of the molecule is C=CCc1ccccc1OCC(O)CNC(C)CCn1cnc2c1c(=O)n(C)c(=O)n2C. The summed E-state index contributed by atoms with van der Waals surface area (Å²) in [4.78, 5) is 28.8. The molecular formula is C23H31N5O4. The van der Waals surface area contributed by atoms with Crippen LogP contribution in [0.3, 0.4) is 0 Å². The fourth-order valence-corrected chi connectivity index (χ4v) is 3.55. The number of aryl methyl sites for hydroxylation is 2. The highest BCUT2D eigenvalue weighted by Crippen LogP contribution is 2.18. The van der Waals surface area contributed by atoms with Crippen molar-refractivity contribution >= 4 is 11.2 Å². The van der Waals surface area contributed by atoms with E-state index in [1.54, 1.807) is 17.9 Å². The predicted molar refractivity (Wildman–Crippen MR) is 124 cm³/mol. The number of fused-ring (bicyclic) bond motifs is 1. The Balaban J connectivity index is 1.52. The van der Waals surface area contributed by atoms with Crippen molar-refractivity contribution in [3.8, 4) is 5.75 Å². The second kappa shape index (κ2) is 10.4. The maximum absolute atomic E-state index is 12.5. The van der Waals surface area contributed by atoms with E-state index >= 15 is 0 Å². The number of rotatable bonds is 11. The summed E-state index contributed by atoms with van der Waals surface area (Å²) in [6, 6.07) is 7.81. The number of ether oxygens (including phenoxy) is 1. The largest absolute Gasteiger partial charge is 0.491 e. The standard InChI is InChI=1S/C23H31N5O4/c1-5-8-17-9-6-7-10-19(17)32-14-18(29)13-24-16(2)11-12-28-15-25-21-20(28)22(30)27(4)23(31)26(21)3/h5-7,9-10,15-16,18,24,29H,1,8,11-14H2,2-4H3. The minimum absolute atomic E-state index is 0.0894. The van der Waals surface area contributed by atoms with Gasteiger partial charge in [0.15, 0.2) is 11.2 Å². The van der Waals surface area contributed by atoms with Crippen molar-refractivity contribution in [2.24, 2.45) is 14.1 Å². The minimum Gasteiger partial charge on any atom is -0.491 e. The van der Waals surface area contributed by atoms with Gasteiger partial charge < -0.3 is 19.7 Å². The second-order valence-corrected chi connectivity index (χ2v) is 7.98. The average molecular weight is 442 g/mol. The van der Waals surface area contributed by atoms with Gasteiger partial charge in [0.05, 0.1) is 6.33 Å². The molecule has 0 radical (unpaired) electrons. The van der Waals surface area contributed by atoms with Gasteiger partial charge in [-0.25, -0.2) is 9.78 Å². The van der Waals surface area contributed by atoms with E-state index in [2.05, 4.69) is 16.9 Å². The lowest BCUT2D eigenvalue weighted by atomic mass is 10.1. The maximum Gasteiger partial charge on any atom is 0.332 e. The van der Waals surface area contributed by atoms with Crippen molar-refractivity contribution in [2.75, 3.05) is 13.2 Å². The molecule has 32 heavy (non-hydrogen) atoms. The van der Waals surface area contributed by atoms with Crippen molar-refractivity contribution in [2.45, 2.75) is 38.5 Å². The van der Waals surface area contributed by atoms with Crippen molar-refractivity contribution in [3.05, 3.63) is 69.6 Å². The number of nitrogens with one attached hydrogen (secondary N) is 1. The zero-order valence-electron chi connectivity index (χ0n) is 18.8. The van der Waals surface area contributed by atoms with Crippen molar-refractivity contribution in [1.29, 1.82) is 0 Å². The van der Waals surface area contributed by atoms with E-state index in [0.717, 1.165) is 15.9 Å². The molecule has 3 rings (SSSR count). The third-order valence-corrected chi connectivity index (χ3v) is 5.49. The van der Waals surface area contributed by atoms with Crippen LogP contribution in [0.2, 0.25) is 0 Å². The summed E-state index contributed by atoms with van der Waals surface area (Å²) in [6.07, 6.45) is 4.17. The van der Waals surface area contributed by atoms with Gasteiger partial charge in [-0.05, 0) is 31.4 Å². The molecule has 0 spiro atoms. The summed E-state index contributed by atoms with van der Waals surface area (Å²) in [7, 11) is 3.07. The zero-order chi connectivity index (χ0) is 23.3. The molecule has 0 saturated carbocycles. The van der Waals surface area contributed by atoms with Crippen molar-refractivity contribution < 1.29 is 9.84 Å². The molecule has 0 aliphatic heterocycles. The van der Waals surface area contributed by atoms with E-state index in [1.807, 2.05) is 37.3 Å². The summed E-state index contributed by atoms with van der Waals surface area (Å²) in [5.74, 6) is 0.752. The Morgan fingerprint density at radius 3 is 2.75 bits per heavy atom. The van der Waals surface area contributed by atoms with Gasteiger partial charge in [0.25, 0.3) is 5.56 Å². The number of allylic oxidation sites excluding steroid dienone is 1. The van der Waals surface area contributed by atoms with Gasteiger partial charge in [-0.15, -0.1) is 6.58 Å². The lowest BCUT2D eigenvalue weighted by Gasteiger charge is -2.18. The Morgan fingerprint density at radius 1 is 1.25 bits per heavy atom. The van der Waals surface area contributed by atoms with Gasteiger partial charge in [-0.3, -0.25) is 13.9 Å². The van der Waals surface area contributed by atoms with E-state index in [1.165, 1.54) is 11.6 Å². The predicted octanol–water partition coefficient (Wildman–Crippen LogP) is 0.970. The number of hydrogen-bond donors (Lipinski definition) is 2. The molecule has 172 valence electrons. The highest BCUT2D eigenvalue weighted by Gasteiger charge is 2.15. The average Bonchev–Trinajstić information content (AvgIpc) is 3.22. The number of para-hydroxylation sites is 1. The normalized spacial score (nSPS) is 13.2. The Bertz CT molecular complexity index is 1190. The van der Waals surface area contributed by atoms with Crippen LogP contribution < -0.4 is 21.3 Å². The van der Waals surface area contributed by atoms with Gasteiger partial charge in [0.1, 0.15) is 18.5 Å². The van der Waals surface area contributed by atoms with Crippen molar-refractivity contribution in [3.63, 3.8) is 0 Å². The lowest BCUT2D eigenvalue weighted by molar-refractivity contribution is 0.103. The highest BCUT2D eigenvalue weighted by atomic mass is 16.5. The first-order valence-corrected chi connectivity index (χ1v) is 10.7. The van der Waals surface area contributed by atoms with Crippen molar-refractivity contribution in [1.82, 2.24) is 24.0 Å². The molecule has 1 aromatic carbocycles. The molecular weight excluding hydrogens is 410 g/mol. The van der Waals surface area contributed by atoms with Crippen LogP contribution >= 0.6 is 0 Å². The molecule has 3 aromatic rings. The topological polar surface area (TPSA) is 103 Å². The first-order valence-electron chi connectivity index (χ1n) is 10.7. The van der Waals surface area contributed by atoms with Crippen LogP contribution in [0.1, 0.15) is 18.9 Å². The van der Waals surface area contributed by atoms with Crippen LogP contribution in [-0.4, -0.2) is 49.1 Å². The smallest absolute Gasteiger partial charge is 0.332 e. The first kappa shape index (κ1) is 23.5. The fraction of sp³-hybridized carbons (Fsp3) is 0.435. The van der Waals surface area contributed by atoms with Gasteiger partial charge in [0, 0.05) is 33.2 Å². The molecule has 0 bridgehead atoms. The van der Waals surface area contributed by atoms with Crippen LogP contribution in [0.15, 0.2) is 52.8 Å². The molecule has 9 nitrogen and oxygen atoms in total. The number of aliphatic hydroxyl groups is 1. The molecule has 2 N–H and O–H groups in total. The van der Waals surface area contributed by atoms with Gasteiger partial charge in [0.2, 0.25) is 0 Å². The Kier molecular flexibility index (Phi) is 7.66. The fourth-order valence-electron chi connectivity index (χ4n) is 3.55. The third kappa shape index (κ3) is 5.17. The van der Waals surface area contributed by atoms with E-state index in [-0.39, 0.29) is 18.2 Å². The number of hydrogen-bond acceptors (Lipinski definition) is 6. The quantitative estimate of drug-likeness (QED) is 0.430. The molecule has 0 fully saturated rings. The van der Waals surface area contributed by atoms with Crippen LogP contribution in [0, 0.1) is 0 Å². The van der Waals surface area contributed by atoms with E-state index in [0.29, 0.717) is 37.1 Å². The van der Waals surface area contributed by atoms with E-state index in [9.17, 15) is 14.7 Å². The minimum atomic E-state index is -0.662. The highest BCUT2D eigenvalue weighted by molar-refractivity contribution is 5.69. The van der Waals surface area contributed by atoms with E-state index < -0.39 is 11.8 Å². The second-order valence-electron chi connectivity index (χ2n) is 7.98. The Labute approximate surface area is 186 Å². The third-order valence-electron chi connectivity index (χ3n) is 5.49. The zero-order valence-corrected chi connectivity index (χ0v) is 18.8. The van der Waals surface area contributed by atoms with Crippen LogP contribution in [0.4, 0.5) is 0 Å². The summed E-state index contributed by atoms with van der Waals surface area (Å²) in [5.41, 5.74) is 1.07. The van der Waals surface area contributed by atoms with Gasteiger partial charge in [-0.1, -0.05) is 24.3 Å². The molecule has 0 saturated heterocycles. The molecule has 0 aliphatic rings. The monoisotopic (exact) mass is 441 g/mol. The van der Waals surface area contributed by atoms with Crippen LogP contribution in [0.5, 0.6) is 5.75 Å². The van der Waals surface area contributed by atoms with Crippen LogP contribution in [-0.2, 0) is 27.1 Å². The van der Waals surface area contributed by atoms with Gasteiger partial charge in [-0.2, -0.15) is 0 Å². The number of imidazole rings is 1. The maximum atomic E-state index is 12.5. The molecule has 0 amide bonds. The lowest BCUT2D eigenvalue weighted by Crippen LogP contribution is -2.38. The molecule has 2 unspecified atom stereocenters. The van der Waals surface area contributed by atoms with E-state index in [4.69, 9.17) is 4.74 Å². The van der Waals surface area contributed by atoms with Crippen LogP contribution in [0.25, 0.3) is 11.2 Å². The molecule has 2 aromatic heterocycles. The summed E-state index contributed by atoms with van der Waals surface area (Å²) >= 11 is 0. The number of nitrogens with zero attached hydrogens (tertiary/aromatic N) is 4. The molecule has 0 aliphatic carbocycles.